The number of likely N-dealkylation sites (tertiary alicyclic amines) is 1. The molecule has 5 heteroatoms. The Kier molecular flexibility index (Phi) is 7.34. The third-order valence-electron chi connectivity index (χ3n) is 4.27. The minimum atomic E-state index is -0.224. The van der Waals surface area contributed by atoms with Gasteiger partial charge >= 0.3 is 6.09 Å². The number of allylic oxidation sites excluding steroid dienone is 1. The van der Waals surface area contributed by atoms with Gasteiger partial charge in [0.05, 0.1) is 18.2 Å². The molecule has 1 heterocycles. The molecule has 0 spiro atoms. The minimum Gasteiger partial charge on any atom is -0.490 e. The van der Waals surface area contributed by atoms with Crippen molar-refractivity contribution in [2.45, 2.75) is 45.1 Å². The summed E-state index contributed by atoms with van der Waals surface area (Å²) in [5.41, 5.74) is 1.59. The van der Waals surface area contributed by atoms with Crippen molar-refractivity contribution in [3.05, 3.63) is 42.0 Å². The van der Waals surface area contributed by atoms with E-state index in [9.17, 15) is 4.79 Å². The van der Waals surface area contributed by atoms with E-state index in [0.717, 1.165) is 37.0 Å². The van der Waals surface area contributed by atoms with Crippen molar-refractivity contribution in [1.82, 2.24) is 4.90 Å². The van der Waals surface area contributed by atoms with Crippen molar-refractivity contribution in [2.24, 2.45) is 0 Å². The van der Waals surface area contributed by atoms with Crippen LogP contribution in [-0.4, -0.2) is 36.8 Å². The molecule has 25 heavy (non-hydrogen) atoms. The first-order chi connectivity index (χ1) is 12.2. The summed E-state index contributed by atoms with van der Waals surface area (Å²) in [6, 6.07) is 7.61. The van der Waals surface area contributed by atoms with Crippen LogP contribution in [0.1, 0.15) is 43.7 Å². The number of hydrogen-bond donors (Lipinski definition) is 0. The lowest BCUT2D eigenvalue weighted by molar-refractivity contribution is 0.0667. The molecule has 1 aromatic rings. The molecule has 1 aromatic carbocycles. The largest absolute Gasteiger partial charge is 0.490 e. The molecule has 134 valence electrons. The van der Waals surface area contributed by atoms with Crippen molar-refractivity contribution in [2.75, 3.05) is 19.7 Å². The Morgan fingerprint density at radius 3 is 2.84 bits per heavy atom. The van der Waals surface area contributed by atoms with Gasteiger partial charge in [-0.2, -0.15) is 5.26 Å². The van der Waals surface area contributed by atoms with E-state index in [0.29, 0.717) is 31.7 Å². The zero-order chi connectivity index (χ0) is 18.1. The number of piperidine rings is 1. The number of carbonyl (C=O) groups excluding carboxylic acids is 1. The van der Waals surface area contributed by atoms with Gasteiger partial charge in [0.15, 0.2) is 0 Å². The predicted molar refractivity (Wildman–Crippen MR) is 96.5 cm³/mol. The van der Waals surface area contributed by atoms with Crippen molar-refractivity contribution in [3.8, 4) is 11.8 Å². The summed E-state index contributed by atoms with van der Waals surface area (Å²) in [5.74, 6) is 0.794. The quantitative estimate of drug-likeness (QED) is 0.553. The van der Waals surface area contributed by atoms with E-state index in [2.05, 4.69) is 19.6 Å². The maximum atomic E-state index is 12.0. The Balaban J connectivity index is 1.88. The van der Waals surface area contributed by atoms with E-state index in [1.54, 1.807) is 17.0 Å². The molecule has 5 nitrogen and oxygen atoms in total. The fraction of sp³-hybridized carbons (Fsp3) is 0.500. The topological polar surface area (TPSA) is 62.6 Å². The van der Waals surface area contributed by atoms with Gasteiger partial charge in [-0.3, -0.25) is 0 Å². The maximum absolute atomic E-state index is 12.0. The Morgan fingerprint density at radius 2 is 2.20 bits per heavy atom. The van der Waals surface area contributed by atoms with Crippen LogP contribution >= 0.6 is 0 Å². The highest BCUT2D eigenvalue weighted by Crippen LogP contribution is 2.25. The number of nitrogens with zero attached hydrogens (tertiary/aromatic N) is 2. The van der Waals surface area contributed by atoms with Crippen molar-refractivity contribution >= 4 is 6.09 Å². The van der Waals surface area contributed by atoms with Crippen LogP contribution in [0.4, 0.5) is 4.79 Å². The Hall–Kier alpha value is -2.48. The standard InChI is InChI=1S/C20H26N2O3/c1-3-5-13-24-20(23)22-11-9-18(10-12-22)25-19-8-7-16(15-21)14-17(19)6-4-2/h4,7-8,14,18H,2-3,5-6,9-13H2,1H3. The summed E-state index contributed by atoms with van der Waals surface area (Å²) >= 11 is 0. The van der Waals surface area contributed by atoms with Crippen molar-refractivity contribution in [3.63, 3.8) is 0 Å². The van der Waals surface area contributed by atoms with Gasteiger partial charge in [-0.25, -0.2) is 4.79 Å². The number of hydrogen-bond acceptors (Lipinski definition) is 4. The number of benzene rings is 1. The molecule has 0 unspecified atom stereocenters. The number of carbonyl (C=O) groups is 1. The molecule has 0 atom stereocenters. The molecule has 0 radical (unpaired) electrons. The first kappa shape index (κ1) is 18.9. The van der Waals surface area contributed by atoms with Gasteiger partial charge in [0.2, 0.25) is 0 Å². The van der Waals surface area contributed by atoms with E-state index in [-0.39, 0.29) is 12.2 Å². The van der Waals surface area contributed by atoms with Gasteiger partial charge in [0.1, 0.15) is 11.9 Å². The van der Waals surface area contributed by atoms with Gasteiger partial charge in [-0.1, -0.05) is 19.4 Å². The molecule has 2 rings (SSSR count). The predicted octanol–water partition coefficient (Wildman–Crippen LogP) is 4.07. The van der Waals surface area contributed by atoms with Gasteiger partial charge in [0, 0.05) is 25.9 Å². The Bertz CT molecular complexity index is 628. The molecular formula is C20H26N2O3. The average Bonchev–Trinajstić information content (AvgIpc) is 2.64. The summed E-state index contributed by atoms with van der Waals surface area (Å²) in [6.45, 7) is 7.60. The third kappa shape index (κ3) is 5.53. The molecule has 0 bridgehead atoms. The lowest BCUT2D eigenvalue weighted by Crippen LogP contribution is -2.42. The van der Waals surface area contributed by atoms with Gasteiger partial charge in [-0.05, 0) is 36.6 Å². The summed E-state index contributed by atoms with van der Waals surface area (Å²) in [7, 11) is 0. The van der Waals surface area contributed by atoms with Crippen LogP contribution in [0.2, 0.25) is 0 Å². The van der Waals surface area contributed by atoms with Crippen LogP contribution in [0.5, 0.6) is 5.75 Å². The number of nitriles is 1. The molecule has 0 saturated carbocycles. The van der Waals surface area contributed by atoms with Crippen molar-refractivity contribution < 1.29 is 14.3 Å². The highest BCUT2D eigenvalue weighted by Gasteiger charge is 2.25. The fourth-order valence-corrected chi connectivity index (χ4v) is 2.81. The zero-order valence-electron chi connectivity index (χ0n) is 14.9. The van der Waals surface area contributed by atoms with Gasteiger partial charge < -0.3 is 14.4 Å². The van der Waals surface area contributed by atoms with Crippen LogP contribution in [-0.2, 0) is 11.2 Å². The molecule has 1 aliphatic heterocycles. The summed E-state index contributed by atoms with van der Waals surface area (Å²) in [5, 5.41) is 9.04. The first-order valence-electron chi connectivity index (χ1n) is 8.90. The van der Waals surface area contributed by atoms with Crippen LogP contribution in [0, 0.1) is 11.3 Å². The maximum Gasteiger partial charge on any atom is 0.409 e. The minimum absolute atomic E-state index is 0.0659. The highest BCUT2D eigenvalue weighted by molar-refractivity contribution is 5.67. The number of ether oxygens (including phenoxy) is 2. The van der Waals surface area contributed by atoms with E-state index in [4.69, 9.17) is 14.7 Å². The Labute approximate surface area is 149 Å². The van der Waals surface area contributed by atoms with Crippen LogP contribution in [0.15, 0.2) is 30.9 Å². The van der Waals surface area contributed by atoms with Gasteiger partial charge in [-0.15, -0.1) is 6.58 Å². The lowest BCUT2D eigenvalue weighted by Gasteiger charge is -2.32. The smallest absolute Gasteiger partial charge is 0.409 e. The number of amides is 1. The average molecular weight is 342 g/mol. The zero-order valence-corrected chi connectivity index (χ0v) is 14.9. The molecular weight excluding hydrogens is 316 g/mol. The van der Waals surface area contributed by atoms with Gasteiger partial charge in [0.25, 0.3) is 0 Å². The van der Waals surface area contributed by atoms with E-state index in [1.165, 1.54) is 0 Å². The third-order valence-corrected chi connectivity index (χ3v) is 4.27. The normalized spacial score (nSPS) is 14.6. The summed E-state index contributed by atoms with van der Waals surface area (Å²) < 4.78 is 11.4. The Morgan fingerprint density at radius 1 is 1.44 bits per heavy atom. The van der Waals surface area contributed by atoms with Crippen LogP contribution < -0.4 is 4.74 Å². The fourth-order valence-electron chi connectivity index (χ4n) is 2.81. The molecule has 0 aromatic heterocycles. The van der Waals surface area contributed by atoms with Crippen molar-refractivity contribution in [1.29, 1.82) is 5.26 Å². The number of rotatable bonds is 7. The van der Waals surface area contributed by atoms with E-state index >= 15 is 0 Å². The molecule has 1 fully saturated rings. The molecule has 1 saturated heterocycles. The van der Waals surface area contributed by atoms with E-state index in [1.807, 2.05) is 12.1 Å². The monoisotopic (exact) mass is 342 g/mol. The number of unbranched alkanes of at least 4 members (excludes halogenated alkanes) is 1. The first-order valence-corrected chi connectivity index (χ1v) is 8.90. The SMILES string of the molecule is C=CCc1cc(C#N)ccc1OC1CCN(C(=O)OCCCC)CC1. The molecule has 1 amide bonds. The molecule has 0 aliphatic carbocycles. The second-order valence-corrected chi connectivity index (χ2v) is 6.20. The van der Waals surface area contributed by atoms with E-state index < -0.39 is 0 Å². The highest BCUT2D eigenvalue weighted by atomic mass is 16.6. The second kappa shape index (κ2) is 9.73. The summed E-state index contributed by atoms with van der Waals surface area (Å²) in [4.78, 5) is 13.7. The molecule has 1 aliphatic rings. The van der Waals surface area contributed by atoms with Crippen LogP contribution in [0.25, 0.3) is 0 Å². The second-order valence-electron chi connectivity index (χ2n) is 6.20. The lowest BCUT2D eigenvalue weighted by atomic mass is 10.1. The summed E-state index contributed by atoms with van der Waals surface area (Å²) in [6.07, 6.45) is 5.77. The van der Waals surface area contributed by atoms with Crippen LogP contribution in [0.3, 0.4) is 0 Å². The molecule has 0 N–H and O–H groups in total.